The molecule has 0 saturated heterocycles. The highest BCUT2D eigenvalue weighted by molar-refractivity contribution is 7.90. The summed E-state index contributed by atoms with van der Waals surface area (Å²) in [6.07, 6.45) is 0.656. The van der Waals surface area contributed by atoms with Crippen molar-refractivity contribution >= 4 is 27.3 Å². The first-order valence-electron chi connectivity index (χ1n) is 5.65. The molecule has 0 aliphatic carbocycles. The molecule has 0 spiro atoms. The van der Waals surface area contributed by atoms with Gasteiger partial charge in [0.1, 0.15) is 0 Å². The van der Waals surface area contributed by atoms with Gasteiger partial charge in [-0.3, -0.25) is 4.79 Å². The molecule has 7 heteroatoms. The number of nitrogens with zero attached hydrogens (tertiary/aromatic N) is 1. The summed E-state index contributed by atoms with van der Waals surface area (Å²) in [5.41, 5.74) is 0.993. The monoisotopic (exact) mass is 289 g/mol. The van der Waals surface area contributed by atoms with E-state index in [0.717, 1.165) is 5.56 Å². The van der Waals surface area contributed by atoms with Crippen LogP contribution in [0.2, 0.25) is 0 Å². The lowest BCUT2D eigenvalue weighted by Gasteiger charge is -2.33. The van der Waals surface area contributed by atoms with Crippen LogP contribution < -0.4 is 0 Å². The van der Waals surface area contributed by atoms with Gasteiger partial charge in [-0.05, 0) is 37.3 Å². The van der Waals surface area contributed by atoms with Gasteiger partial charge in [-0.15, -0.1) is 11.3 Å². The maximum absolute atomic E-state index is 12.2. The van der Waals surface area contributed by atoms with Crippen LogP contribution in [0, 0.1) is 0 Å². The summed E-state index contributed by atoms with van der Waals surface area (Å²) in [6, 6.07) is 1.63. The van der Waals surface area contributed by atoms with Crippen molar-refractivity contribution in [1.82, 2.24) is 4.31 Å². The number of fused-ring (bicyclic) bond motifs is 1. The van der Waals surface area contributed by atoms with E-state index in [9.17, 15) is 13.2 Å². The predicted molar refractivity (Wildman–Crippen MR) is 69.2 cm³/mol. The fourth-order valence-electron chi connectivity index (χ4n) is 2.16. The van der Waals surface area contributed by atoms with Gasteiger partial charge in [0.25, 0.3) is 0 Å². The van der Waals surface area contributed by atoms with E-state index in [1.165, 1.54) is 16.1 Å². The molecule has 0 fully saturated rings. The minimum absolute atomic E-state index is 0.285. The molecule has 0 bridgehead atoms. The molecule has 5 nitrogen and oxygen atoms in total. The van der Waals surface area contributed by atoms with E-state index >= 15 is 0 Å². The lowest BCUT2D eigenvalue weighted by Crippen LogP contribution is -2.45. The van der Waals surface area contributed by atoms with Crippen molar-refractivity contribution in [1.29, 1.82) is 0 Å². The second-order valence-electron chi connectivity index (χ2n) is 4.36. The summed E-state index contributed by atoms with van der Waals surface area (Å²) in [7, 11) is -3.79. The van der Waals surface area contributed by atoms with Gasteiger partial charge >= 0.3 is 5.97 Å². The molecule has 1 aliphatic rings. The molecular formula is C11H15NO4S2. The minimum atomic E-state index is -3.79. The average Bonchev–Trinajstić information content (AvgIpc) is 2.76. The summed E-state index contributed by atoms with van der Waals surface area (Å²) < 4.78 is 25.7. The van der Waals surface area contributed by atoms with E-state index in [1.807, 2.05) is 11.4 Å². The number of carboxylic acids is 1. The highest BCUT2D eigenvalue weighted by Gasteiger charge is 2.39. The molecule has 0 radical (unpaired) electrons. The largest absolute Gasteiger partial charge is 0.480 e. The van der Waals surface area contributed by atoms with Crippen molar-refractivity contribution in [2.45, 2.75) is 31.6 Å². The Balaban J connectivity index is 2.34. The fraction of sp³-hybridized carbons (Fsp3) is 0.545. The van der Waals surface area contributed by atoms with E-state index in [0.29, 0.717) is 13.0 Å². The molecule has 1 N–H and O–H groups in total. The van der Waals surface area contributed by atoms with Crippen LogP contribution in [0.5, 0.6) is 0 Å². The Morgan fingerprint density at radius 3 is 2.89 bits per heavy atom. The second kappa shape index (κ2) is 4.64. The van der Waals surface area contributed by atoms with Crippen molar-refractivity contribution in [2.24, 2.45) is 0 Å². The molecule has 2 rings (SSSR count). The number of sulfonamides is 1. The summed E-state index contributed by atoms with van der Waals surface area (Å²) in [6.45, 7) is 3.37. The maximum Gasteiger partial charge on any atom is 0.323 e. The minimum Gasteiger partial charge on any atom is -0.480 e. The Morgan fingerprint density at radius 1 is 1.61 bits per heavy atom. The molecular weight excluding hydrogens is 274 g/mol. The summed E-state index contributed by atoms with van der Waals surface area (Å²) in [4.78, 5) is 12.1. The second-order valence-corrected chi connectivity index (χ2v) is 7.57. The topological polar surface area (TPSA) is 74.7 Å². The zero-order valence-electron chi connectivity index (χ0n) is 10.2. The van der Waals surface area contributed by atoms with Gasteiger partial charge < -0.3 is 5.11 Å². The van der Waals surface area contributed by atoms with Gasteiger partial charge in [-0.25, -0.2) is 8.42 Å². The van der Waals surface area contributed by atoms with Crippen LogP contribution in [0.4, 0.5) is 0 Å². The Bertz CT molecular complexity index is 563. The Morgan fingerprint density at radius 2 is 2.28 bits per heavy atom. The van der Waals surface area contributed by atoms with Crippen LogP contribution in [0.3, 0.4) is 0 Å². The summed E-state index contributed by atoms with van der Waals surface area (Å²) >= 11 is 1.62. The highest BCUT2D eigenvalue weighted by Crippen LogP contribution is 2.35. The lowest BCUT2D eigenvalue weighted by atomic mass is 10.0. The number of hydrogen-bond donors (Lipinski definition) is 1. The number of hydrogen-bond acceptors (Lipinski definition) is 4. The maximum atomic E-state index is 12.2. The molecule has 1 aliphatic heterocycles. The molecule has 0 amide bonds. The van der Waals surface area contributed by atoms with Crippen LogP contribution in [0.15, 0.2) is 11.4 Å². The smallest absolute Gasteiger partial charge is 0.323 e. The number of carbonyl (C=O) groups is 1. The number of aliphatic carboxylic acids is 1. The van der Waals surface area contributed by atoms with Crippen molar-refractivity contribution in [3.63, 3.8) is 0 Å². The van der Waals surface area contributed by atoms with Gasteiger partial charge in [0.2, 0.25) is 10.0 Å². The third-order valence-electron chi connectivity index (χ3n) is 3.34. The molecule has 0 saturated carbocycles. The van der Waals surface area contributed by atoms with Crippen LogP contribution in [-0.2, 0) is 21.2 Å². The Labute approximate surface area is 110 Å². The van der Waals surface area contributed by atoms with E-state index in [1.54, 1.807) is 18.3 Å². The van der Waals surface area contributed by atoms with Crippen LogP contribution >= 0.6 is 11.3 Å². The molecule has 100 valence electrons. The van der Waals surface area contributed by atoms with E-state index in [-0.39, 0.29) is 6.04 Å². The van der Waals surface area contributed by atoms with Gasteiger partial charge in [-0.1, -0.05) is 0 Å². The normalized spacial score (nSPS) is 22.4. The molecule has 1 aromatic heterocycles. The van der Waals surface area contributed by atoms with E-state index in [4.69, 9.17) is 5.11 Å². The third kappa shape index (κ3) is 2.06. The number of thiophene rings is 1. The predicted octanol–water partition coefficient (Wildman–Crippen LogP) is 1.47. The number of rotatable bonds is 3. The van der Waals surface area contributed by atoms with Gasteiger partial charge in [-0.2, -0.15) is 4.31 Å². The van der Waals surface area contributed by atoms with Gasteiger partial charge in [0, 0.05) is 17.5 Å². The quantitative estimate of drug-likeness (QED) is 0.914. The summed E-state index contributed by atoms with van der Waals surface area (Å²) in [5, 5.41) is 9.43. The fourth-order valence-corrected chi connectivity index (χ4v) is 4.69. The first-order valence-corrected chi connectivity index (χ1v) is 8.03. The van der Waals surface area contributed by atoms with E-state index < -0.39 is 21.2 Å². The molecule has 1 aromatic rings. The van der Waals surface area contributed by atoms with E-state index in [2.05, 4.69) is 0 Å². The number of carboxylic acid groups (broad SMARTS) is 1. The average molecular weight is 289 g/mol. The molecule has 2 unspecified atom stereocenters. The van der Waals surface area contributed by atoms with Crippen LogP contribution in [-0.4, -0.2) is 35.6 Å². The first-order chi connectivity index (χ1) is 8.35. The molecule has 2 heterocycles. The van der Waals surface area contributed by atoms with Crippen LogP contribution in [0.25, 0.3) is 0 Å². The lowest BCUT2D eigenvalue weighted by molar-refractivity contribution is -0.136. The van der Waals surface area contributed by atoms with Crippen molar-refractivity contribution in [3.8, 4) is 0 Å². The highest BCUT2D eigenvalue weighted by atomic mass is 32.2. The molecule has 2 atom stereocenters. The summed E-state index contributed by atoms with van der Waals surface area (Å²) in [5.74, 6) is -1.31. The standard InChI is InChI=1S/C11H15NO4S2/c1-7-9-4-6-17-10(9)3-5-12(7)18(15,16)8(2)11(13)14/h4,6-8H,3,5H2,1-2H3,(H,13,14). The molecule has 18 heavy (non-hydrogen) atoms. The zero-order chi connectivity index (χ0) is 13.5. The van der Waals surface area contributed by atoms with Gasteiger partial charge in [0.05, 0.1) is 0 Å². The Kier molecular flexibility index (Phi) is 3.48. The Hall–Kier alpha value is -0.920. The SMILES string of the molecule is CC1c2ccsc2CCN1S(=O)(=O)C(C)C(=O)O. The van der Waals surface area contributed by atoms with Crippen molar-refractivity contribution < 1.29 is 18.3 Å². The third-order valence-corrected chi connectivity index (χ3v) is 6.59. The van der Waals surface area contributed by atoms with Crippen molar-refractivity contribution in [2.75, 3.05) is 6.54 Å². The van der Waals surface area contributed by atoms with Gasteiger partial charge in [0.15, 0.2) is 5.25 Å². The van der Waals surface area contributed by atoms with Crippen molar-refractivity contribution in [3.05, 3.63) is 21.9 Å². The zero-order valence-corrected chi connectivity index (χ0v) is 11.8. The molecule has 0 aromatic carbocycles. The van der Waals surface area contributed by atoms with Crippen LogP contribution in [0.1, 0.15) is 30.3 Å². The first kappa shape index (κ1) is 13.5.